The van der Waals surface area contributed by atoms with Gasteiger partial charge in [0.25, 0.3) is 0 Å². The molecule has 3 aromatic rings. The van der Waals surface area contributed by atoms with E-state index in [0.29, 0.717) is 6.54 Å². The molecular formula is C24H21NO2. The van der Waals surface area contributed by atoms with Crippen molar-refractivity contribution >= 4 is 12.2 Å². The fourth-order valence-electron chi connectivity index (χ4n) is 4.43. The van der Waals surface area contributed by atoms with Crippen molar-refractivity contribution in [3.8, 4) is 0 Å². The van der Waals surface area contributed by atoms with Crippen molar-refractivity contribution in [3.05, 3.63) is 108 Å². The van der Waals surface area contributed by atoms with Crippen molar-refractivity contribution in [3.63, 3.8) is 0 Å². The maximum Gasteiger partial charge on any atom is 0.225 e. The number of carbonyl (C=O) groups is 2. The molecule has 3 aromatic carbocycles. The number of nitrogens with one attached hydrogen (secondary N) is 1. The molecule has 3 nitrogen and oxygen atoms in total. The molecule has 1 saturated heterocycles. The Morgan fingerprint density at radius 3 is 1.52 bits per heavy atom. The molecule has 0 spiro atoms. The summed E-state index contributed by atoms with van der Waals surface area (Å²) in [6.07, 6.45) is 0.923. The topological polar surface area (TPSA) is 46.2 Å². The van der Waals surface area contributed by atoms with Gasteiger partial charge in [0.05, 0.1) is 11.3 Å². The number of rotatable bonds is 5. The number of hydrogen-bond donors (Lipinski definition) is 1. The number of hydrogen-bond acceptors (Lipinski definition) is 2. The summed E-state index contributed by atoms with van der Waals surface area (Å²) in [6.45, 7) is 0.376. The number of amides is 1. The highest BCUT2D eigenvalue weighted by atomic mass is 16.2. The molecular weight excluding hydrogens is 334 g/mol. The molecule has 0 radical (unpaired) electrons. The molecule has 1 fully saturated rings. The zero-order chi connectivity index (χ0) is 18.7. The second-order valence-corrected chi connectivity index (χ2v) is 6.93. The first-order chi connectivity index (χ1) is 13.3. The van der Waals surface area contributed by atoms with E-state index in [4.69, 9.17) is 0 Å². The molecule has 1 aliphatic rings. The maximum atomic E-state index is 13.0. The quantitative estimate of drug-likeness (QED) is 0.562. The average Bonchev–Trinajstić information content (AvgIpc) is 3.12. The molecule has 2 atom stereocenters. The monoisotopic (exact) mass is 355 g/mol. The van der Waals surface area contributed by atoms with Crippen LogP contribution in [0.4, 0.5) is 0 Å². The highest BCUT2D eigenvalue weighted by molar-refractivity contribution is 5.89. The zero-order valence-corrected chi connectivity index (χ0v) is 14.9. The first-order valence-corrected chi connectivity index (χ1v) is 9.18. The fourth-order valence-corrected chi connectivity index (χ4v) is 4.43. The van der Waals surface area contributed by atoms with Gasteiger partial charge in [-0.25, -0.2) is 0 Å². The number of aldehydes is 1. The first-order valence-electron chi connectivity index (χ1n) is 9.18. The van der Waals surface area contributed by atoms with Gasteiger partial charge in [0.15, 0.2) is 0 Å². The van der Waals surface area contributed by atoms with E-state index in [2.05, 4.69) is 5.32 Å². The predicted octanol–water partition coefficient (Wildman–Crippen LogP) is 3.58. The van der Waals surface area contributed by atoms with E-state index >= 15 is 0 Å². The third-order valence-corrected chi connectivity index (χ3v) is 5.55. The van der Waals surface area contributed by atoms with Gasteiger partial charge in [0.2, 0.25) is 5.91 Å². The Kier molecular flexibility index (Phi) is 4.59. The molecule has 1 amide bonds. The third kappa shape index (κ3) is 2.76. The highest BCUT2D eigenvalue weighted by Gasteiger charge is 2.53. The van der Waals surface area contributed by atoms with E-state index in [1.54, 1.807) is 0 Å². The largest absolute Gasteiger partial charge is 0.355 e. The van der Waals surface area contributed by atoms with Crippen molar-refractivity contribution in [2.45, 2.75) is 5.41 Å². The molecule has 0 aromatic heterocycles. The summed E-state index contributed by atoms with van der Waals surface area (Å²) in [6, 6.07) is 30.1. The zero-order valence-electron chi connectivity index (χ0n) is 14.9. The molecule has 4 rings (SSSR count). The van der Waals surface area contributed by atoms with E-state index in [-0.39, 0.29) is 5.91 Å². The van der Waals surface area contributed by atoms with Gasteiger partial charge in [0, 0.05) is 12.5 Å². The SMILES string of the molecule is O=CC1CNC(=O)[C@@H]1C(c1ccccc1)(c1ccccc1)c1ccccc1. The van der Waals surface area contributed by atoms with Crippen LogP contribution in [-0.2, 0) is 15.0 Å². The Bertz CT molecular complexity index is 826. The van der Waals surface area contributed by atoms with Crippen LogP contribution < -0.4 is 5.32 Å². The molecule has 1 unspecified atom stereocenters. The van der Waals surface area contributed by atoms with Crippen LogP contribution in [0.15, 0.2) is 91.0 Å². The van der Waals surface area contributed by atoms with E-state index in [1.165, 1.54) is 0 Å². The van der Waals surface area contributed by atoms with Crippen LogP contribution in [0, 0.1) is 11.8 Å². The molecule has 0 saturated carbocycles. The Hall–Kier alpha value is -3.20. The van der Waals surface area contributed by atoms with Crippen LogP contribution >= 0.6 is 0 Å². The summed E-state index contributed by atoms with van der Waals surface area (Å²) in [5.41, 5.74) is 2.29. The molecule has 1 N–H and O–H groups in total. The van der Waals surface area contributed by atoms with Gasteiger partial charge < -0.3 is 10.1 Å². The van der Waals surface area contributed by atoms with Crippen LogP contribution in [-0.4, -0.2) is 18.7 Å². The molecule has 1 heterocycles. The summed E-state index contributed by atoms with van der Waals surface area (Å²) in [5, 5.41) is 2.91. The minimum Gasteiger partial charge on any atom is -0.355 e. The smallest absolute Gasteiger partial charge is 0.225 e. The van der Waals surface area contributed by atoms with Crippen LogP contribution in [0.3, 0.4) is 0 Å². The van der Waals surface area contributed by atoms with E-state index in [1.807, 2.05) is 91.0 Å². The Morgan fingerprint density at radius 1 is 0.741 bits per heavy atom. The second-order valence-electron chi connectivity index (χ2n) is 6.93. The fraction of sp³-hybridized carbons (Fsp3) is 0.167. The normalized spacial score (nSPS) is 19.5. The van der Waals surface area contributed by atoms with Crippen LogP contribution in [0.25, 0.3) is 0 Å². The Labute approximate surface area is 159 Å². The molecule has 1 aliphatic heterocycles. The van der Waals surface area contributed by atoms with Gasteiger partial charge in [0.1, 0.15) is 6.29 Å². The summed E-state index contributed by atoms with van der Waals surface area (Å²) >= 11 is 0. The van der Waals surface area contributed by atoms with Gasteiger partial charge in [-0.2, -0.15) is 0 Å². The lowest BCUT2D eigenvalue weighted by Crippen LogP contribution is -2.44. The maximum absolute atomic E-state index is 13.0. The predicted molar refractivity (Wildman–Crippen MR) is 105 cm³/mol. The molecule has 0 bridgehead atoms. The Morgan fingerprint density at radius 2 is 1.15 bits per heavy atom. The highest BCUT2D eigenvalue weighted by Crippen LogP contribution is 2.49. The van der Waals surface area contributed by atoms with Crippen LogP contribution in [0.2, 0.25) is 0 Å². The minimum absolute atomic E-state index is 0.0799. The molecule has 27 heavy (non-hydrogen) atoms. The second kappa shape index (κ2) is 7.20. The Balaban J connectivity index is 2.10. The lowest BCUT2D eigenvalue weighted by atomic mass is 9.59. The summed E-state index contributed by atoms with van der Waals surface area (Å²) < 4.78 is 0. The molecule has 134 valence electrons. The van der Waals surface area contributed by atoms with E-state index < -0.39 is 17.3 Å². The van der Waals surface area contributed by atoms with Crippen LogP contribution in [0.1, 0.15) is 16.7 Å². The lowest BCUT2D eigenvalue weighted by molar-refractivity contribution is -0.126. The van der Waals surface area contributed by atoms with Gasteiger partial charge in [-0.3, -0.25) is 4.79 Å². The van der Waals surface area contributed by atoms with Crippen molar-refractivity contribution in [1.29, 1.82) is 0 Å². The van der Waals surface area contributed by atoms with E-state index in [9.17, 15) is 9.59 Å². The van der Waals surface area contributed by atoms with Gasteiger partial charge in [-0.1, -0.05) is 91.0 Å². The molecule has 0 aliphatic carbocycles. The van der Waals surface area contributed by atoms with Crippen molar-refractivity contribution in [2.24, 2.45) is 11.8 Å². The average molecular weight is 355 g/mol. The standard InChI is InChI=1S/C24H21NO2/c26-17-18-16-25-23(27)22(18)24(19-10-4-1-5-11-19,20-12-6-2-7-13-20)21-14-8-3-9-15-21/h1-15,17-18,22H,16H2,(H,25,27)/t18?,22-/m1/s1. The van der Waals surface area contributed by atoms with Gasteiger partial charge >= 0.3 is 0 Å². The van der Waals surface area contributed by atoms with Gasteiger partial charge in [-0.15, -0.1) is 0 Å². The lowest BCUT2D eigenvalue weighted by Gasteiger charge is -2.41. The van der Waals surface area contributed by atoms with Crippen molar-refractivity contribution < 1.29 is 9.59 Å². The third-order valence-electron chi connectivity index (χ3n) is 5.55. The minimum atomic E-state index is -0.740. The summed E-state index contributed by atoms with van der Waals surface area (Å²) in [7, 11) is 0. The van der Waals surface area contributed by atoms with E-state index in [0.717, 1.165) is 23.0 Å². The number of carbonyl (C=O) groups excluding carboxylic acids is 2. The van der Waals surface area contributed by atoms with Crippen molar-refractivity contribution in [1.82, 2.24) is 5.32 Å². The van der Waals surface area contributed by atoms with Crippen LogP contribution in [0.5, 0.6) is 0 Å². The number of benzene rings is 3. The summed E-state index contributed by atoms with van der Waals surface area (Å²) in [5.74, 6) is -0.982. The molecule has 3 heteroatoms. The summed E-state index contributed by atoms with van der Waals surface area (Å²) in [4.78, 5) is 25.0. The van der Waals surface area contributed by atoms with Crippen molar-refractivity contribution in [2.75, 3.05) is 6.54 Å². The van der Waals surface area contributed by atoms with Gasteiger partial charge in [-0.05, 0) is 16.7 Å². The first kappa shape index (κ1) is 17.2.